The summed E-state index contributed by atoms with van der Waals surface area (Å²) >= 11 is 4.95. The molecule has 3 rings (SSSR count). The van der Waals surface area contributed by atoms with Gasteiger partial charge in [0.25, 0.3) is 0 Å². The molecule has 1 aromatic carbocycles. The van der Waals surface area contributed by atoms with Gasteiger partial charge in [0.1, 0.15) is 6.61 Å². The van der Waals surface area contributed by atoms with E-state index >= 15 is 0 Å². The molecular weight excluding hydrogens is 404 g/mol. The van der Waals surface area contributed by atoms with Crippen molar-refractivity contribution in [2.75, 3.05) is 12.4 Å². The highest BCUT2D eigenvalue weighted by Gasteiger charge is 2.41. The third kappa shape index (κ3) is 3.57. The van der Waals surface area contributed by atoms with Crippen molar-refractivity contribution in [3.8, 4) is 0 Å². The normalized spacial score (nSPS) is 20.1. The number of rotatable bonds is 4. The Kier molecular flexibility index (Phi) is 5.44. The van der Waals surface area contributed by atoms with E-state index in [2.05, 4.69) is 27.5 Å². The highest BCUT2D eigenvalue weighted by molar-refractivity contribution is 9.10. The van der Waals surface area contributed by atoms with Crippen LogP contribution in [0.25, 0.3) is 0 Å². The monoisotopic (exact) mass is 420 g/mol. The van der Waals surface area contributed by atoms with Gasteiger partial charge in [-0.05, 0) is 24.6 Å². The lowest BCUT2D eigenvalue weighted by Crippen LogP contribution is -2.45. The second-order valence-corrected chi connectivity index (χ2v) is 7.57. The maximum Gasteiger partial charge on any atom is 0.338 e. The predicted molar refractivity (Wildman–Crippen MR) is 102 cm³/mol. The smallest absolute Gasteiger partial charge is 0.338 e. The van der Waals surface area contributed by atoms with Gasteiger partial charge in [-0.3, -0.25) is 9.69 Å². The molecule has 130 valence electrons. The molecular formula is C18H17BrN2O3S. The zero-order valence-electron chi connectivity index (χ0n) is 13.7. The maximum atomic E-state index is 12.6. The Bertz CT molecular complexity index is 786. The standard InChI is InChI=1S/C18H17BrN2O3S/c1-3-9-24-17(23)15-11(2)20-18-21(14(22)8-10-25-18)16(15)12-4-6-13(19)7-5-12/h3-7,16H,1,8-10H2,2H3/t16-/m1/s1. The molecule has 0 aliphatic carbocycles. The molecule has 0 radical (unpaired) electrons. The van der Waals surface area contributed by atoms with Crippen LogP contribution < -0.4 is 0 Å². The molecule has 5 nitrogen and oxygen atoms in total. The molecule has 2 aliphatic heterocycles. The average Bonchev–Trinajstić information content (AvgIpc) is 2.59. The summed E-state index contributed by atoms with van der Waals surface area (Å²) in [7, 11) is 0. The lowest BCUT2D eigenvalue weighted by molar-refractivity contribution is -0.139. The number of allylic oxidation sites excluding steroid dienone is 1. The van der Waals surface area contributed by atoms with Gasteiger partial charge in [0.15, 0.2) is 5.17 Å². The molecule has 0 saturated carbocycles. The summed E-state index contributed by atoms with van der Waals surface area (Å²) in [6, 6.07) is 7.06. The van der Waals surface area contributed by atoms with Crippen LogP contribution in [0, 0.1) is 0 Å². The van der Waals surface area contributed by atoms with Gasteiger partial charge in [-0.15, -0.1) is 0 Å². The second kappa shape index (κ2) is 7.58. The number of thioether (sulfide) groups is 1. The molecule has 1 aromatic rings. The van der Waals surface area contributed by atoms with E-state index in [-0.39, 0.29) is 12.5 Å². The number of benzene rings is 1. The number of aliphatic imine (C=N–C) groups is 1. The summed E-state index contributed by atoms with van der Waals surface area (Å²) in [5.41, 5.74) is 1.82. The number of carbonyl (C=O) groups is 2. The van der Waals surface area contributed by atoms with Crippen LogP contribution in [0.4, 0.5) is 0 Å². The Morgan fingerprint density at radius 3 is 2.88 bits per heavy atom. The van der Waals surface area contributed by atoms with Crippen LogP contribution in [0.15, 0.2) is 57.7 Å². The van der Waals surface area contributed by atoms with E-state index in [0.29, 0.717) is 28.6 Å². The zero-order chi connectivity index (χ0) is 18.0. The van der Waals surface area contributed by atoms with Crippen LogP contribution in [0.1, 0.15) is 24.9 Å². The van der Waals surface area contributed by atoms with Crippen LogP contribution in [-0.4, -0.2) is 34.3 Å². The van der Waals surface area contributed by atoms with Crippen LogP contribution in [0.2, 0.25) is 0 Å². The third-order valence-electron chi connectivity index (χ3n) is 3.94. The van der Waals surface area contributed by atoms with Crippen LogP contribution in [0.3, 0.4) is 0 Å². The van der Waals surface area contributed by atoms with E-state index in [1.807, 2.05) is 24.3 Å². The molecule has 0 unspecified atom stereocenters. The van der Waals surface area contributed by atoms with Crippen molar-refractivity contribution in [2.24, 2.45) is 4.99 Å². The van der Waals surface area contributed by atoms with Crippen molar-refractivity contribution in [1.29, 1.82) is 0 Å². The first-order valence-electron chi connectivity index (χ1n) is 7.80. The van der Waals surface area contributed by atoms with E-state index in [1.54, 1.807) is 11.8 Å². The number of nitrogens with zero attached hydrogens (tertiary/aromatic N) is 2. The maximum absolute atomic E-state index is 12.6. The van der Waals surface area contributed by atoms with E-state index < -0.39 is 12.0 Å². The number of carbonyl (C=O) groups excluding carboxylic acids is 2. The fraction of sp³-hybridized carbons (Fsp3) is 0.278. The summed E-state index contributed by atoms with van der Waals surface area (Å²) in [4.78, 5) is 31.4. The first-order valence-corrected chi connectivity index (χ1v) is 9.58. The Labute approximate surface area is 159 Å². The number of halogens is 1. The van der Waals surface area contributed by atoms with E-state index in [1.165, 1.54) is 17.8 Å². The van der Waals surface area contributed by atoms with Crippen molar-refractivity contribution in [3.05, 3.63) is 58.2 Å². The Hall–Kier alpha value is -1.86. The largest absolute Gasteiger partial charge is 0.458 e. The third-order valence-corrected chi connectivity index (χ3v) is 5.43. The van der Waals surface area contributed by atoms with Gasteiger partial charge in [-0.1, -0.05) is 52.5 Å². The van der Waals surface area contributed by atoms with Crippen molar-refractivity contribution >= 4 is 44.7 Å². The summed E-state index contributed by atoms with van der Waals surface area (Å²) < 4.78 is 6.18. The second-order valence-electron chi connectivity index (χ2n) is 5.60. The van der Waals surface area contributed by atoms with Gasteiger partial charge in [-0.2, -0.15) is 0 Å². The molecule has 0 aromatic heterocycles. The SMILES string of the molecule is C=CCOC(=O)C1=C(C)N=C2SCCC(=O)N2[C@@H]1c1ccc(Br)cc1. The van der Waals surface area contributed by atoms with E-state index in [0.717, 1.165) is 10.0 Å². The molecule has 1 atom stereocenters. The average molecular weight is 421 g/mol. The van der Waals surface area contributed by atoms with Crippen LogP contribution in [-0.2, 0) is 14.3 Å². The van der Waals surface area contributed by atoms with Gasteiger partial charge in [0, 0.05) is 16.6 Å². The zero-order valence-corrected chi connectivity index (χ0v) is 16.1. The Balaban J connectivity index is 2.11. The molecule has 1 amide bonds. The minimum Gasteiger partial charge on any atom is -0.458 e. The number of ether oxygens (including phenoxy) is 1. The number of hydrogen-bond acceptors (Lipinski definition) is 5. The van der Waals surface area contributed by atoms with Crippen LogP contribution >= 0.6 is 27.7 Å². The summed E-state index contributed by atoms with van der Waals surface area (Å²) in [6.07, 6.45) is 1.94. The van der Waals surface area contributed by atoms with Crippen molar-refractivity contribution in [2.45, 2.75) is 19.4 Å². The first kappa shape index (κ1) is 17.9. The van der Waals surface area contributed by atoms with Gasteiger partial charge < -0.3 is 4.74 Å². The molecule has 2 heterocycles. The van der Waals surface area contributed by atoms with Gasteiger partial charge >= 0.3 is 5.97 Å². The van der Waals surface area contributed by atoms with E-state index in [9.17, 15) is 9.59 Å². The molecule has 2 aliphatic rings. The van der Waals surface area contributed by atoms with Crippen molar-refractivity contribution in [1.82, 2.24) is 4.90 Å². The topological polar surface area (TPSA) is 59.0 Å². The lowest BCUT2D eigenvalue weighted by Gasteiger charge is -2.38. The van der Waals surface area contributed by atoms with Gasteiger partial charge in [0.2, 0.25) is 5.91 Å². The number of amides is 1. The summed E-state index contributed by atoms with van der Waals surface area (Å²) in [5, 5.41) is 0.641. The summed E-state index contributed by atoms with van der Waals surface area (Å²) in [6.45, 7) is 5.46. The number of amidine groups is 1. The molecule has 0 bridgehead atoms. The minimum atomic E-state index is -0.529. The number of esters is 1. The molecule has 1 saturated heterocycles. The predicted octanol–water partition coefficient (Wildman–Crippen LogP) is 3.83. The van der Waals surface area contributed by atoms with E-state index in [4.69, 9.17) is 4.74 Å². The minimum absolute atomic E-state index is 0.0352. The molecule has 7 heteroatoms. The highest BCUT2D eigenvalue weighted by atomic mass is 79.9. The summed E-state index contributed by atoms with van der Waals surface area (Å²) in [5.74, 6) is 0.188. The van der Waals surface area contributed by atoms with Crippen LogP contribution in [0.5, 0.6) is 0 Å². The van der Waals surface area contributed by atoms with Crippen molar-refractivity contribution in [3.63, 3.8) is 0 Å². The fourth-order valence-corrected chi connectivity index (χ4v) is 4.10. The van der Waals surface area contributed by atoms with Gasteiger partial charge in [-0.25, -0.2) is 9.79 Å². The molecule has 0 N–H and O–H groups in total. The highest BCUT2D eigenvalue weighted by Crippen LogP contribution is 2.40. The first-order chi connectivity index (χ1) is 12.0. The Morgan fingerprint density at radius 2 is 2.20 bits per heavy atom. The number of fused-ring (bicyclic) bond motifs is 1. The number of hydrogen-bond donors (Lipinski definition) is 0. The molecule has 25 heavy (non-hydrogen) atoms. The fourth-order valence-electron chi connectivity index (χ4n) is 2.83. The van der Waals surface area contributed by atoms with Gasteiger partial charge in [0.05, 0.1) is 17.3 Å². The molecule has 1 fully saturated rings. The quantitative estimate of drug-likeness (QED) is 0.548. The van der Waals surface area contributed by atoms with Crippen molar-refractivity contribution < 1.29 is 14.3 Å². The Morgan fingerprint density at radius 1 is 1.48 bits per heavy atom. The molecule has 0 spiro atoms. The lowest BCUT2D eigenvalue weighted by atomic mass is 9.94.